The molecule has 36 heavy (non-hydrogen) atoms. The second kappa shape index (κ2) is 9.79. The van der Waals surface area contributed by atoms with Crippen LogP contribution in [-0.2, 0) is 9.59 Å². The fraction of sp³-hybridized carbons (Fsp3) is 0.154. The summed E-state index contributed by atoms with van der Waals surface area (Å²) in [5.41, 5.74) is 0.529. The lowest BCUT2D eigenvalue weighted by Crippen LogP contribution is -2.34. The number of nitrogens with one attached hydrogen (secondary N) is 2. The fourth-order valence-electron chi connectivity index (χ4n) is 4.01. The van der Waals surface area contributed by atoms with Crippen molar-refractivity contribution in [3.63, 3.8) is 0 Å². The Morgan fingerprint density at radius 2 is 1.78 bits per heavy atom. The molecule has 1 aliphatic heterocycles. The number of phenols is 1. The van der Waals surface area contributed by atoms with Gasteiger partial charge < -0.3 is 29.6 Å². The molecule has 2 amide bonds. The number of nitrogens with zero attached hydrogens (tertiary/aromatic N) is 1. The number of pyridine rings is 1. The van der Waals surface area contributed by atoms with Crippen molar-refractivity contribution in [3.8, 4) is 17.2 Å². The number of hydrogen-bond donors (Lipinski definition) is 3. The highest BCUT2D eigenvalue weighted by Gasteiger charge is 2.28. The van der Waals surface area contributed by atoms with E-state index in [4.69, 9.17) is 13.9 Å². The predicted octanol–water partition coefficient (Wildman–Crippen LogP) is 2.90. The molecule has 2 aromatic carbocycles. The average Bonchev–Trinajstić information content (AvgIpc) is 3.34. The lowest BCUT2D eigenvalue weighted by Gasteiger charge is -2.19. The molecular formula is C26H21N3O7. The van der Waals surface area contributed by atoms with Crippen LogP contribution in [0.2, 0.25) is 0 Å². The summed E-state index contributed by atoms with van der Waals surface area (Å²) in [4.78, 5) is 42.5. The summed E-state index contributed by atoms with van der Waals surface area (Å²) in [6.45, 7) is -0.311. The molecule has 0 saturated carbocycles. The van der Waals surface area contributed by atoms with Crippen LogP contribution in [0.5, 0.6) is 17.2 Å². The number of carbonyl (C=O) groups excluding carboxylic acids is 2. The first-order valence-electron chi connectivity index (χ1n) is 11.1. The molecule has 0 bridgehead atoms. The summed E-state index contributed by atoms with van der Waals surface area (Å²) in [5, 5.41) is 16.2. The van der Waals surface area contributed by atoms with E-state index in [0.29, 0.717) is 28.3 Å². The number of aromatic hydroxyl groups is 1. The van der Waals surface area contributed by atoms with E-state index in [-0.39, 0.29) is 42.1 Å². The van der Waals surface area contributed by atoms with E-state index in [9.17, 15) is 19.5 Å². The third-order valence-corrected chi connectivity index (χ3v) is 5.75. The number of para-hydroxylation sites is 1. The molecule has 0 aliphatic carbocycles. The zero-order valence-corrected chi connectivity index (χ0v) is 18.9. The minimum Gasteiger partial charge on any atom is -0.508 e. The van der Waals surface area contributed by atoms with Gasteiger partial charge in [-0.15, -0.1) is 0 Å². The molecule has 0 saturated heterocycles. The van der Waals surface area contributed by atoms with Gasteiger partial charge in [0.15, 0.2) is 16.9 Å². The van der Waals surface area contributed by atoms with Crippen molar-refractivity contribution >= 4 is 28.6 Å². The summed E-state index contributed by atoms with van der Waals surface area (Å²) in [6.07, 6.45) is 2.58. The number of fused-ring (bicyclic) bond motifs is 2. The molecule has 0 spiro atoms. The Morgan fingerprint density at radius 1 is 1.00 bits per heavy atom. The number of rotatable bonds is 7. The van der Waals surface area contributed by atoms with Gasteiger partial charge in [0.1, 0.15) is 17.2 Å². The fourth-order valence-corrected chi connectivity index (χ4v) is 4.01. The van der Waals surface area contributed by atoms with Crippen molar-refractivity contribution in [2.75, 3.05) is 18.7 Å². The first kappa shape index (κ1) is 22.9. The third-order valence-electron chi connectivity index (χ3n) is 5.75. The van der Waals surface area contributed by atoms with Gasteiger partial charge >= 0.3 is 0 Å². The maximum Gasteiger partial charge on any atom is 0.244 e. The maximum absolute atomic E-state index is 13.3. The molecule has 3 N–H and O–H groups in total. The van der Waals surface area contributed by atoms with Crippen molar-refractivity contribution in [1.82, 2.24) is 10.3 Å². The zero-order chi connectivity index (χ0) is 25.1. The summed E-state index contributed by atoms with van der Waals surface area (Å²) in [5.74, 6) is -0.940. The van der Waals surface area contributed by atoms with Gasteiger partial charge in [0.05, 0.1) is 18.2 Å². The van der Waals surface area contributed by atoms with Gasteiger partial charge in [0.25, 0.3) is 0 Å². The lowest BCUT2D eigenvalue weighted by atomic mass is 9.87. The van der Waals surface area contributed by atoms with Crippen LogP contribution in [0.3, 0.4) is 0 Å². The number of carbonyl (C=O) groups is 2. The highest BCUT2D eigenvalue weighted by Crippen LogP contribution is 2.42. The number of amides is 2. The van der Waals surface area contributed by atoms with Crippen LogP contribution in [0.1, 0.15) is 23.5 Å². The Balaban J connectivity index is 1.42. The molecular weight excluding hydrogens is 466 g/mol. The lowest BCUT2D eigenvalue weighted by molar-refractivity contribution is -0.124. The van der Waals surface area contributed by atoms with E-state index in [0.717, 1.165) is 0 Å². The van der Waals surface area contributed by atoms with Gasteiger partial charge in [-0.2, -0.15) is 0 Å². The average molecular weight is 487 g/mol. The van der Waals surface area contributed by atoms with Gasteiger partial charge in [-0.3, -0.25) is 14.4 Å². The summed E-state index contributed by atoms with van der Waals surface area (Å²) < 4.78 is 16.4. The largest absolute Gasteiger partial charge is 0.508 e. The predicted molar refractivity (Wildman–Crippen MR) is 129 cm³/mol. The highest BCUT2D eigenvalue weighted by molar-refractivity contribution is 5.94. The zero-order valence-electron chi connectivity index (χ0n) is 18.9. The first-order chi connectivity index (χ1) is 17.5. The number of anilines is 1. The number of aromatic nitrogens is 1. The molecule has 10 heteroatoms. The number of ether oxygens (including phenoxy) is 2. The van der Waals surface area contributed by atoms with Crippen LogP contribution >= 0.6 is 0 Å². The molecule has 2 aromatic heterocycles. The van der Waals surface area contributed by atoms with Crippen LogP contribution in [0.25, 0.3) is 11.0 Å². The van der Waals surface area contributed by atoms with E-state index in [1.807, 2.05) is 0 Å². The van der Waals surface area contributed by atoms with Gasteiger partial charge in [0, 0.05) is 35.7 Å². The molecule has 1 aliphatic rings. The van der Waals surface area contributed by atoms with Gasteiger partial charge in [-0.25, -0.2) is 4.98 Å². The Kier molecular flexibility index (Phi) is 6.23. The second-order valence-corrected chi connectivity index (χ2v) is 8.08. The van der Waals surface area contributed by atoms with Gasteiger partial charge in [0.2, 0.25) is 18.6 Å². The number of phenolic OH excluding ortho intramolecular Hbond substituents is 1. The van der Waals surface area contributed by atoms with E-state index >= 15 is 0 Å². The van der Waals surface area contributed by atoms with Gasteiger partial charge in [-0.05, 0) is 30.3 Å². The summed E-state index contributed by atoms with van der Waals surface area (Å²) >= 11 is 0. The molecule has 4 aromatic rings. The normalized spacial score (nSPS) is 12.8. The Labute approximate surface area is 204 Å². The number of hydrogen-bond acceptors (Lipinski definition) is 8. The van der Waals surface area contributed by atoms with E-state index in [1.165, 1.54) is 24.6 Å². The highest BCUT2D eigenvalue weighted by atomic mass is 16.7. The molecule has 3 heterocycles. The van der Waals surface area contributed by atoms with E-state index in [1.54, 1.807) is 42.5 Å². The number of benzene rings is 2. The van der Waals surface area contributed by atoms with Crippen LogP contribution in [-0.4, -0.2) is 35.2 Å². The molecule has 0 radical (unpaired) electrons. The Bertz CT molecular complexity index is 1500. The monoisotopic (exact) mass is 487 g/mol. The quantitative estimate of drug-likeness (QED) is 0.362. The van der Waals surface area contributed by atoms with Crippen molar-refractivity contribution in [2.45, 2.75) is 12.3 Å². The summed E-state index contributed by atoms with van der Waals surface area (Å²) in [6, 6.07) is 14.7. The van der Waals surface area contributed by atoms with Crippen LogP contribution in [0.4, 0.5) is 5.82 Å². The standard InChI is InChI=1S/C26H21N3O7/c30-19-11-22-21(35-14-36-22)9-17(19)16(18-13-34-20-6-2-1-5-15(20)26(18)33)10-24(31)28-12-25(32)29-23-7-3-4-8-27-23/h1-9,11,13,16,30H,10,12,14H2,(H,28,31)(H,27,29,32)/t16-/m0/s1. The summed E-state index contributed by atoms with van der Waals surface area (Å²) in [7, 11) is 0. The van der Waals surface area contributed by atoms with Crippen molar-refractivity contribution in [2.24, 2.45) is 0 Å². The minimum absolute atomic E-state index is 0.00707. The van der Waals surface area contributed by atoms with E-state index < -0.39 is 17.7 Å². The third kappa shape index (κ3) is 4.69. The van der Waals surface area contributed by atoms with Crippen molar-refractivity contribution in [1.29, 1.82) is 0 Å². The molecule has 5 rings (SSSR count). The smallest absolute Gasteiger partial charge is 0.244 e. The van der Waals surface area contributed by atoms with E-state index in [2.05, 4.69) is 15.6 Å². The first-order valence-corrected chi connectivity index (χ1v) is 11.1. The molecule has 10 nitrogen and oxygen atoms in total. The molecule has 182 valence electrons. The molecule has 1 atom stereocenters. The van der Waals surface area contributed by atoms with Crippen molar-refractivity contribution in [3.05, 3.63) is 88.4 Å². The Hall–Kier alpha value is -4.86. The Morgan fingerprint density at radius 3 is 2.58 bits per heavy atom. The SMILES string of the molecule is O=C(C[C@@H](c1cc2c(cc1O)OCO2)c1coc2ccccc2c1=O)NCC(=O)Nc1ccccn1. The maximum atomic E-state index is 13.3. The molecule has 0 fully saturated rings. The van der Waals surface area contributed by atoms with Gasteiger partial charge in [-0.1, -0.05) is 18.2 Å². The second-order valence-electron chi connectivity index (χ2n) is 8.08. The van der Waals surface area contributed by atoms with Crippen molar-refractivity contribution < 1.29 is 28.6 Å². The van der Waals surface area contributed by atoms with Crippen LogP contribution in [0.15, 0.2) is 76.3 Å². The molecule has 0 unspecified atom stereocenters. The minimum atomic E-state index is -0.890. The van der Waals surface area contributed by atoms with Crippen LogP contribution < -0.4 is 25.5 Å². The topological polar surface area (TPSA) is 140 Å². The van der Waals surface area contributed by atoms with Crippen LogP contribution in [0, 0.1) is 0 Å².